The predicted octanol–water partition coefficient (Wildman–Crippen LogP) is 1.55. The van der Waals surface area contributed by atoms with E-state index in [2.05, 4.69) is 23.4 Å². The van der Waals surface area contributed by atoms with Crippen molar-refractivity contribution in [1.29, 1.82) is 0 Å². The lowest BCUT2D eigenvalue weighted by Crippen LogP contribution is -1.95. The molecular formula is C8H11N3. The molecule has 0 aliphatic carbocycles. The Morgan fingerprint density at radius 1 is 1.82 bits per heavy atom. The maximum atomic E-state index is 4.09. The highest BCUT2D eigenvalue weighted by molar-refractivity contribution is 5.39. The zero-order valence-electron chi connectivity index (χ0n) is 6.62. The van der Waals surface area contributed by atoms with Gasteiger partial charge in [0.15, 0.2) is 5.82 Å². The highest BCUT2D eigenvalue weighted by atomic mass is 15.4. The van der Waals surface area contributed by atoms with Gasteiger partial charge < -0.3 is 0 Å². The summed E-state index contributed by atoms with van der Waals surface area (Å²) in [4.78, 5) is 4.09. The van der Waals surface area contributed by atoms with Crippen LogP contribution in [0.5, 0.6) is 0 Å². The largest absolute Gasteiger partial charge is 0.235 e. The molecule has 0 radical (unpaired) electrons. The quantitative estimate of drug-likeness (QED) is 0.600. The van der Waals surface area contributed by atoms with Crippen LogP contribution in [0.3, 0.4) is 0 Å². The molecule has 0 spiro atoms. The molecule has 0 aliphatic heterocycles. The molecule has 0 saturated carbocycles. The van der Waals surface area contributed by atoms with Crippen LogP contribution in [0.15, 0.2) is 17.9 Å². The second-order valence-corrected chi connectivity index (χ2v) is 2.12. The van der Waals surface area contributed by atoms with Gasteiger partial charge in [-0.2, -0.15) is 5.10 Å². The van der Waals surface area contributed by atoms with E-state index in [1.165, 1.54) is 0 Å². The third-order valence-corrected chi connectivity index (χ3v) is 1.52. The Morgan fingerprint density at radius 3 is 3.00 bits per heavy atom. The van der Waals surface area contributed by atoms with Gasteiger partial charge in [-0.3, -0.25) is 0 Å². The molecule has 0 saturated heterocycles. The monoisotopic (exact) mass is 149 g/mol. The van der Waals surface area contributed by atoms with E-state index in [-0.39, 0.29) is 0 Å². The molecule has 1 aromatic heterocycles. The van der Waals surface area contributed by atoms with E-state index < -0.39 is 0 Å². The standard InChI is InChI=1S/C8H11N3/c1-4-7-6-10-8(5-2)11(7)9-3/h5-6H,2-4H2,1H3. The molecule has 0 aliphatic rings. The van der Waals surface area contributed by atoms with Gasteiger partial charge in [-0.1, -0.05) is 13.5 Å². The number of aryl methyl sites for hydroxylation is 1. The number of hydrogen-bond donors (Lipinski definition) is 0. The summed E-state index contributed by atoms with van der Waals surface area (Å²) >= 11 is 0. The Hall–Kier alpha value is -1.38. The van der Waals surface area contributed by atoms with Crippen LogP contribution in [0.25, 0.3) is 6.08 Å². The van der Waals surface area contributed by atoms with E-state index in [1.54, 1.807) is 16.9 Å². The van der Waals surface area contributed by atoms with Crippen molar-refractivity contribution in [3.63, 3.8) is 0 Å². The van der Waals surface area contributed by atoms with Crippen molar-refractivity contribution in [3.8, 4) is 0 Å². The first-order valence-electron chi connectivity index (χ1n) is 3.49. The molecule has 0 bridgehead atoms. The fourth-order valence-corrected chi connectivity index (χ4v) is 0.941. The van der Waals surface area contributed by atoms with Gasteiger partial charge in [0.2, 0.25) is 0 Å². The topological polar surface area (TPSA) is 30.2 Å². The lowest BCUT2D eigenvalue weighted by Gasteiger charge is -1.98. The summed E-state index contributed by atoms with van der Waals surface area (Å²) < 4.78 is 1.69. The Balaban J connectivity index is 3.18. The van der Waals surface area contributed by atoms with Crippen molar-refractivity contribution in [2.24, 2.45) is 5.10 Å². The summed E-state index contributed by atoms with van der Waals surface area (Å²) in [7, 11) is 0. The van der Waals surface area contributed by atoms with Crippen LogP contribution in [-0.4, -0.2) is 16.4 Å². The maximum Gasteiger partial charge on any atom is 0.153 e. The molecule has 1 heterocycles. The van der Waals surface area contributed by atoms with E-state index in [4.69, 9.17) is 0 Å². The van der Waals surface area contributed by atoms with Crippen LogP contribution in [0.4, 0.5) is 0 Å². The SMILES string of the molecule is C=Cc1ncc(CC)n1N=C. The molecule has 0 fully saturated rings. The van der Waals surface area contributed by atoms with Gasteiger partial charge in [0, 0.05) is 6.72 Å². The van der Waals surface area contributed by atoms with Crippen molar-refractivity contribution in [1.82, 2.24) is 9.66 Å². The van der Waals surface area contributed by atoms with Crippen molar-refractivity contribution < 1.29 is 0 Å². The van der Waals surface area contributed by atoms with E-state index >= 15 is 0 Å². The smallest absolute Gasteiger partial charge is 0.153 e. The summed E-state index contributed by atoms with van der Waals surface area (Å²) in [6, 6.07) is 0. The Kier molecular flexibility index (Phi) is 2.21. The van der Waals surface area contributed by atoms with Crippen molar-refractivity contribution in [2.45, 2.75) is 13.3 Å². The van der Waals surface area contributed by atoms with Crippen LogP contribution in [0.2, 0.25) is 0 Å². The zero-order valence-corrected chi connectivity index (χ0v) is 6.62. The molecule has 0 aromatic carbocycles. The van der Waals surface area contributed by atoms with Crippen LogP contribution in [-0.2, 0) is 6.42 Å². The second-order valence-electron chi connectivity index (χ2n) is 2.12. The Labute approximate surface area is 66.1 Å². The molecule has 58 valence electrons. The molecule has 1 aromatic rings. The number of aromatic nitrogens is 2. The zero-order chi connectivity index (χ0) is 8.27. The first-order chi connectivity index (χ1) is 5.33. The van der Waals surface area contributed by atoms with Crippen LogP contribution in [0, 0.1) is 0 Å². The van der Waals surface area contributed by atoms with Crippen LogP contribution >= 0.6 is 0 Å². The Bertz CT molecular complexity index is 273. The van der Waals surface area contributed by atoms with Gasteiger partial charge >= 0.3 is 0 Å². The minimum absolute atomic E-state index is 0.747. The second kappa shape index (κ2) is 3.14. The number of imidazole rings is 1. The van der Waals surface area contributed by atoms with Gasteiger partial charge in [-0.05, 0) is 12.5 Å². The minimum Gasteiger partial charge on any atom is -0.235 e. The predicted molar refractivity (Wildman–Crippen MR) is 46.6 cm³/mol. The van der Waals surface area contributed by atoms with Crippen LogP contribution in [0.1, 0.15) is 18.4 Å². The fraction of sp³-hybridized carbons (Fsp3) is 0.250. The first kappa shape index (κ1) is 7.72. The maximum absolute atomic E-state index is 4.09. The van der Waals surface area contributed by atoms with Gasteiger partial charge in [-0.25, -0.2) is 9.66 Å². The summed E-state index contributed by atoms with van der Waals surface area (Å²) in [6.07, 6.45) is 4.35. The molecule has 3 nitrogen and oxygen atoms in total. The average Bonchev–Trinajstić information content (AvgIpc) is 2.45. The molecule has 11 heavy (non-hydrogen) atoms. The Morgan fingerprint density at radius 2 is 2.55 bits per heavy atom. The summed E-state index contributed by atoms with van der Waals surface area (Å²) in [5.41, 5.74) is 1.05. The number of rotatable bonds is 3. The number of hydrogen-bond acceptors (Lipinski definition) is 2. The molecule has 0 atom stereocenters. The lowest BCUT2D eigenvalue weighted by atomic mass is 10.4. The van der Waals surface area contributed by atoms with Gasteiger partial charge in [0.05, 0.1) is 11.9 Å². The summed E-state index contributed by atoms with van der Waals surface area (Å²) in [5.74, 6) is 0.747. The molecule has 0 unspecified atom stereocenters. The molecular weight excluding hydrogens is 138 g/mol. The number of nitrogens with zero attached hydrogens (tertiary/aromatic N) is 3. The average molecular weight is 149 g/mol. The van der Waals surface area contributed by atoms with Crippen molar-refractivity contribution >= 4 is 12.8 Å². The van der Waals surface area contributed by atoms with Crippen molar-refractivity contribution in [2.75, 3.05) is 0 Å². The highest BCUT2D eigenvalue weighted by Crippen LogP contribution is 2.06. The van der Waals surface area contributed by atoms with E-state index in [0.29, 0.717) is 0 Å². The van der Waals surface area contributed by atoms with E-state index in [0.717, 1.165) is 17.9 Å². The van der Waals surface area contributed by atoms with Gasteiger partial charge in [0.1, 0.15) is 0 Å². The summed E-state index contributed by atoms with van der Waals surface area (Å²) in [6.45, 7) is 9.11. The molecule has 0 amide bonds. The lowest BCUT2D eigenvalue weighted by molar-refractivity contribution is 0.804. The van der Waals surface area contributed by atoms with Gasteiger partial charge in [0.25, 0.3) is 0 Å². The van der Waals surface area contributed by atoms with E-state index in [9.17, 15) is 0 Å². The first-order valence-corrected chi connectivity index (χ1v) is 3.49. The molecule has 3 heteroatoms. The normalized spacial score (nSPS) is 9.55. The third-order valence-electron chi connectivity index (χ3n) is 1.52. The minimum atomic E-state index is 0.747. The highest BCUT2D eigenvalue weighted by Gasteiger charge is 2.02. The van der Waals surface area contributed by atoms with Gasteiger partial charge in [-0.15, -0.1) is 0 Å². The van der Waals surface area contributed by atoms with E-state index in [1.807, 2.05) is 6.92 Å². The third kappa shape index (κ3) is 1.22. The summed E-state index contributed by atoms with van der Waals surface area (Å²) in [5, 5.41) is 3.81. The molecule has 1 rings (SSSR count). The molecule has 0 N–H and O–H groups in total. The van der Waals surface area contributed by atoms with Crippen molar-refractivity contribution in [3.05, 3.63) is 24.3 Å². The fourth-order valence-electron chi connectivity index (χ4n) is 0.941. The van der Waals surface area contributed by atoms with Crippen LogP contribution < -0.4 is 0 Å².